The number of carbonyl (C=O) groups excluding carboxylic acids is 1. The molecule has 25 heavy (non-hydrogen) atoms. The largest absolute Gasteiger partial charge is 0.345 e. The van der Waals surface area contributed by atoms with Crippen LogP contribution in [-0.4, -0.2) is 48.4 Å². The minimum absolute atomic E-state index is 0.0823. The van der Waals surface area contributed by atoms with E-state index in [0.29, 0.717) is 19.5 Å². The van der Waals surface area contributed by atoms with E-state index in [1.165, 1.54) is 4.68 Å². The van der Waals surface area contributed by atoms with Gasteiger partial charge in [-0.05, 0) is 38.2 Å². The maximum absolute atomic E-state index is 12.5. The predicted molar refractivity (Wildman–Crippen MR) is 93.2 cm³/mol. The molecule has 1 unspecified atom stereocenters. The van der Waals surface area contributed by atoms with Crippen LogP contribution in [0.15, 0.2) is 17.2 Å². The Morgan fingerprint density at radius 2 is 2.28 bits per heavy atom. The lowest BCUT2D eigenvalue weighted by Gasteiger charge is -2.32. The molecule has 3 heterocycles. The molecule has 0 radical (unpaired) electrons. The number of piperidine rings is 1. The van der Waals surface area contributed by atoms with Crippen LogP contribution in [0.2, 0.25) is 0 Å². The van der Waals surface area contributed by atoms with E-state index < -0.39 is 0 Å². The van der Waals surface area contributed by atoms with Gasteiger partial charge in [-0.3, -0.25) is 14.5 Å². The number of nitrogens with one attached hydrogen (secondary N) is 1. The van der Waals surface area contributed by atoms with Gasteiger partial charge in [0.2, 0.25) is 5.91 Å². The highest BCUT2D eigenvalue weighted by molar-refractivity contribution is 5.76. The smallest absolute Gasteiger partial charge is 0.342 e. The first kappa shape index (κ1) is 17.4. The van der Waals surface area contributed by atoms with Crippen LogP contribution in [0.3, 0.4) is 0 Å². The number of rotatable bonds is 6. The number of likely N-dealkylation sites (tertiary alicyclic amines) is 1. The van der Waals surface area contributed by atoms with Crippen molar-refractivity contribution in [2.24, 2.45) is 7.05 Å². The molecule has 2 aromatic rings. The number of carbonyl (C=O) groups is 1. The lowest BCUT2D eigenvalue weighted by Crippen LogP contribution is -2.40. The maximum atomic E-state index is 12.5. The number of aryl methyl sites for hydroxylation is 2. The Bertz CT molecular complexity index is 761. The second kappa shape index (κ2) is 7.67. The number of aromatic amines is 1. The Balaban J connectivity index is 1.60. The fourth-order valence-corrected chi connectivity index (χ4v) is 3.55. The zero-order chi connectivity index (χ0) is 17.8. The molecule has 0 aromatic carbocycles. The summed E-state index contributed by atoms with van der Waals surface area (Å²) >= 11 is 0. The zero-order valence-electron chi connectivity index (χ0n) is 14.9. The first-order chi connectivity index (χ1) is 12.1. The van der Waals surface area contributed by atoms with Gasteiger partial charge in [0, 0.05) is 45.2 Å². The van der Waals surface area contributed by atoms with Crippen LogP contribution in [0, 0.1) is 0 Å². The van der Waals surface area contributed by atoms with Crippen LogP contribution < -0.4 is 5.69 Å². The Kier molecular flexibility index (Phi) is 5.35. The van der Waals surface area contributed by atoms with Gasteiger partial charge in [-0.1, -0.05) is 0 Å². The molecular formula is C17H26N6O2. The molecule has 8 nitrogen and oxygen atoms in total. The van der Waals surface area contributed by atoms with E-state index in [1.807, 2.05) is 18.0 Å². The van der Waals surface area contributed by atoms with Crippen molar-refractivity contribution in [3.63, 3.8) is 0 Å². The summed E-state index contributed by atoms with van der Waals surface area (Å²) in [5, 5.41) is 11.1. The Hall–Kier alpha value is -2.38. The maximum Gasteiger partial charge on any atom is 0.345 e. The highest BCUT2D eigenvalue weighted by Crippen LogP contribution is 2.25. The zero-order valence-corrected chi connectivity index (χ0v) is 14.9. The molecule has 1 fully saturated rings. The topological polar surface area (TPSA) is 88.8 Å². The Morgan fingerprint density at radius 1 is 1.44 bits per heavy atom. The van der Waals surface area contributed by atoms with E-state index in [9.17, 15) is 9.59 Å². The molecule has 0 aliphatic carbocycles. The van der Waals surface area contributed by atoms with Crippen LogP contribution in [0.4, 0.5) is 0 Å². The number of H-pyrrole nitrogens is 1. The van der Waals surface area contributed by atoms with E-state index in [-0.39, 0.29) is 17.5 Å². The SMILES string of the molecule is CCn1c(C2CCCN(C(=O)CCCc3cn[nH]c3)C2)nn(C)c1=O. The normalized spacial score (nSPS) is 17.8. The monoisotopic (exact) mass is 346 g/mol. The van der Waals surface area contributed by atoms with Crippen molar-refractivity contribution in [2.45, 2.75) is 51.5 Å². The van der Waals surface area contributed by atoms with Crippen LogP contribution in [0.1, 0.15) is 49.9 Å². The van der Waals surface area contributed by atoms with Crippen LogP contribution in [0.5, 0.6) is 0 Å². The van der Waals surface area contributed by atoms with Gasteiger partial charge in [0.1, 0.15) is 5.82 Å². The Morgan fingerprint density at radius 3 is 3.00 bits per heavy atom. The fourth-order valence-electron chi connectivity index (χ4n) is 3.55. The molecule has 136 valence electrons. The molecule has 0 bridgehead atoms. The summed E-state index contributed by atoms with van der Waals surface area (Å²) in [5.41, 5.74) is 1.05. The van der Waals surface area contributed by atoms with Gasteiger partial charge in [0.25, 0.3) is 0 Å². The molecule has 1 aliphatic heterocycles. The molecule has 8 heteroatoms. The van der Waals surface area contributed by atoms with Gasteiger partial charge in [-0.2, -0.15) is 10.2 Å². The van der Waals surface area contributed by atoms with Crippen molar-refractivity contribution in [1.29, 1.82) is 0 Å². The van der Waals surface area contributed by atoms with Crippen molar-refractivity contribution in [1.82, 2.24) is 29.4 Å². The van der Waals surface area contributed by atoms with Crippen molar-refractivity contribution in [3.8, 4) is 0 Å². The Labute approximate surface area is 146 Å². The average Bonchev–Trinajstić information content (AvgIpc) is 3.23. The highest BCUT2D eigenvalue weighted by Gasteiger charge is 2.28. The summed E-state index contributed by atoms with van der Waals surface area (Å²) < 4.78 is 3.11. The van der Waals surface area contributed by atoms with E-state index in [2.05, 4.69) is 15.3 Å². The summed E-state index contributed by atoms with van der Waals surface area (Å²) in [7, 11) is 1.68. The third-order valence-electron chi connectivity index (χ3n) is 4.90. The van der Waals surface area contributed by atoms with Crippen LogP contribution in [0.25, 0.3) is 0 Å². The first-order valence-electron chi connectivity index (χ1n) is 8.99. The molecule has 1 atom stereocenters. The lowest BCUT2D eigenvalue weighted by molar-refractivity contribution is -0.132. The number of amides is 1. The number of hydrogen-bond donors (Lipinski definition) is 1. The quantitative estimate of drug-likeness (QED) is 0.847. The number of hydrogen-bond acceptors (Lipinski definition) is 4. The van der Waals surface area contributed by atoms with Gasteiger partial charge >= 0.3 is 5.69 Å². The molecule has 0 spiro atoms. The van der Waals surface area contributed by atoms with Gasteiger partial charge in [-0.25, -0.2) is 9.48 Å². The van der Waals surface area contributed by atoms with Gasteiger partial charge < -0.3 is 4.90 Å². The standard InChI is InChI=1S/C17H26N6O2/c1-3-23-16(20-21(2)17(23)25)14-7-5-9-22(12-14)15(24)8-4-6-13-10-18-19-11-13/h10-11,14H,3-9,12H2,1-2H3,(H,18,19). The molecule has 1 amide bonds. The van der Waals surface area contributed by atoms with Crippen LogP contribution in [-0.2, 0) is 24.8 Å². The number of aromatic nitrogens is 5. The fraction of sp³-hybridized carbons (Fsp3) is 0.647. The minimum Gasteiger partial charge on any atom is -0.342 e. The molecule has 1 saturated heterocycles. The predicted octanol–water partition coefficient (Wildman–Crippen LogP) is 1.05. The third-order valence-corrected chi connectivity index (χ3v) is 4.90. The van der Waals surface area contributed by atoms with Gasteiger partial charge in [0.15, 0.2) is 0 Å². The second-order valence-electron chi connectivity index (χ2n) is 6.65. The lowest BCUT2D eigenvalue weighted by atomic mass is 9.96. The molecule has 3 rings (SSSR count). The van der Waals surface area contributed by atoms with Crippen molar-refractivity contribution in [3.05, 3.63) is 34.3 Å². The summed E-state index contributed by atoms with van der Waals surface area (Å²) in [5.74, 6) is 1.14. The summed E-state index contributed by atoms with van der Waals surface area (Å²) in [4.78, 5) is 26.6. The highest BCUT2D eigenvalue weighted by atomic mass is 16.2. The molecule has 1 N–H and O–H groups in total. The van der Waals surface area contributed by atoms with E-state index in [4.69, 9.17) is 0 Å². The van der Waals surface area contributed by atoms with Gasteiger partial charge in [0.05, 0.1) is 6.20 Å². The first-order valence-corrected chi connectivity index (χ1v) is 8.99. The molecular weight excluding hydrogens is 320 g/mol. The van der Waals surface area contributed by atoms with E-state index in [0.717, 1.165) is 43.6 Å². The average molecular weight is 346 g/mol. The summed E-state index contributed by atoms with van der Waals surface area (Å²) in [6, 6.07) is 0. The minimum atomic E-state index is -0.0823. The summed E-state index contributed by atoms with van der Waals surface area (Å²) in [6.07, 6.45) is 7.81. The van der Waals surface area contributed by atoms with Crippen LogP contribution >= 0.6 is 0 Å². The summed E-state index contributed by atoms with van der Waals surface area (Å²) in [6.45, 7) is 4.01. The van der Waals surface area contributed by atoms with Crippen molar-refractivity contribution in [2.75, 3.05) is 13.1 Å². The molecule has 1 aliphatic rings. The number of nitrogens with zero attached hydrogens (tertiary/aromatic N) is 5. The third kappa shape index (κ3) is 3.83. The van der Waals surface area contributed by atoms with E-state index in [1.54, 1.807) is 17.8 Å². The molecule has 2 aromatic heterocycles. The van der Waals surface area contributed by atoms with Crippen molar-refractivity contribution >= 4 is 5.91 Å². The van der Waals surface area contributed by atoms with Crippen molar-refractivity contribution < 1.29 is 4.79 Å². The van der Waals surface area contributed by atoms with Gasteiger partial charge in [-0.15, -0.1) is 0 Å². The molecule has 0 saturated carbocycles. The van der Waals surface area contributed by atoms with E-state index >= 15 is 0 Å². The second-order valence-corrected chi connectivity index (χ2v) is 6.65.